The fourth-order valence-corrected chi connectivity index (χ4v) is 1.70. The van der Waals surface area contributed by atoms with Crippen LogP contribution in [0.15, 0.2) is 24.4 Å². The number of hydrogen-bond acceptors (Lipinski definition) is 2. The van der Waals surface area contributed by atoms with Crippen molar-refractivity contribution in [3.63, 3.8) is 0 Å². The van der Waals surface area contributed by atoms with Crippen molar-refractivity contribution in [2.75, 3.05) is 5.32 Å². The molecule has 0 saturated carbocycles. The van der Waals surface area contributed by atoms with E-state index in [2.05, 4.69) is 10.3 Å². The number of halogens is 3. The largest absolute Gasteiger partial charge is 0.378 e. The summed E-state index contributed by atoms with van der Waals surface area (Å²) in [4.78, 5) is 4.13. The van der Waals surface area contributed by atoms with Crippen LogP contribution in [0.3, 0.4) is 0 Å². The van der Waals surface area contributed by atoms with Gasteiger partial charge < -0.3 is 9.88 Å². The van der Waals surface area contributed by atoms with Crippen LogP contribution in [0.5, 0.6) is 0 Å². The van der Waals surface area contributed by atoms with Crippen molar-refractivity contribution >= 4 is 28.9 Å². The normalized spacial score (nSPS) is 10.6. The predicted molar refractivity (Wildman–Crippen MR) is 67.0 cm³/mol. The Labute approximate surface area is 108 Å². The summed E-state index contributed by atoms with van der Waals surface area (Å²) in [7, 11) is 1.82. The molecule has 0 fully saturated rings. The van der Waals surface area contributed by atoms with Crippen LogP contribution in [0.4, 0.5) is 10.1 Å². The van der Waals surface area contributed by atoms with Gasteiger partial charge in [0.2, 0.25) is 0 Å². The molecular weight excluding hydrogens is 264 g/mol. The first kappa shape index (κ1) is 12.2. The summed E-state index contributed by atoms with van der Waals surface area (Å²) in [5, 5.41) is 3.75. The van der Waals surface area contributed by atoms with E-state index in [1.165, 1.54) is 12.1 Å². The minimum atomic E-state index is -0.433. The highest BCUT2D eigenvalue weighted by atomic mass is 35.5. The summed E-state index contributed by atoms with van der Waals surface area (Å²) in [6.45, 7) is 0.491. The Morgan fingerprint density at radius 2 is 2.18 bits per heavy atom. The van der Waals surface area contributed by atoms with Crippen molar-refractivity contribution in [1.82, 2.24) is 9.55 Å². The molecule has 17 heavy (non-hydrogen) atoms. The Balaban J connectivity index is 2.07. The van der Waals surface area contributed by atoms with Gasteiger partial charge in [0.25, 0.3) is 0 Å². The molecule has 0 aliphatic heterocycles. The highest BCUT2D eigenvalue weighted by Gasteiger charge is 2.05. The molecule has 0 atom stereocenters. The van der Waals surface area contributed by atoms with Crippen molar-refractivity contribution in [3.8, 4) is 0 Å². The first-order chi connectivity index (χ1) is 8.08. The molecule has 0 unspecified atom stereocenters. The molecule has 1 heterocycles. The Morgan fingerprint density at radius 1 is 1.41 bits per heavy atom. The van der Waals surface area contributed by atoms with Gasteiger partial charge in [-0.2, -0.15) is 0 Å². The minimum absolute atomic E-state index is 0.0906. The third kappa shape index (κ3) is 2.70. The van der Waals surface area contributed by atoms with E-state index in [-0.39, 0.29) is 5.02 Å². The van der Waals surface area contributed by atoms with Gasteiger partial charge in [-0.1, -0.05) is 23.2 Å². The van der Waals surface area contributed by atoms with Crippen LogP contribution >= 0.6 is 23.2 Å². The molecule has 0 amide bonds. The molecule has 2 rings (SSSR count). The lowest BCUT2D eigenvalue weighted by atomic mass is 10.3. The van der Waals surface area contributed by atoms with E-state index < -0.39 is 5.82 Å². The maximum atomic E-state index is 12.9. The van der Waals surface area contributed by atoms with Crippen LogP contribution in [0.25, 0.3) is 0 Å². The van der Waals surface area contributed by atoms with Crippen LogP contribution < -0.4 is 5.32 Å². The van der Waals surface area contributed by atoms with Crippen molar-refractivity contribution in [2.45, 2.75) is 6.54 Å². The molecule has 6 heteroatoms. The van der Waals surface area contributed by atoms with Gasteiger partial charge in [0.05, 0.1) is 17.8 Å². The first-order valence-corrected chi connectivity index (χ1v) is 5.68. The van der Waals surface area contributed by atoms with Crippen molar-refractivity contribution in [1.29, 1.82) is 0 Å². The summed E-state index contributed by atoms with van der Waals surface area (Å²) in [6.07, 6.45) is 1.58. The number of nitrogens with zero attached hydrogens (tertiary/aromatic N) is 2. The SMILES string of the molecule is Cn1c(Cl)cnc1CNc1ccc(F)c(Cl)c1. The second kappa shape index (κ2) is 4.94. The van der Waals surface area contributed by atoms with Gasteiger partial charge in [-0.25, -0.2) is 9.37 Å². The summed E-state index contributed by atoms with van der Waals surface area (Å²) in [5.74, 6) is 0.354. The lowest BCUT2D eigenvalue weighted by Gasteiger charge is -2.07. The number of anilines is 1. The Hall–Kier alpha value is -1.26. The summed E-state index contributed by atoms with van der Waals surface area (Å²) < 4.78 is 14.7. The Morgan fingerprint density at radius 3 is 2.76 bits per heavy atom. The second-order valence-corrected chi connectivity index (χ2v) is 4.33. The lowest BCUT2D eigenvalue weighted by Crippen LogP contribution is -2.06. The fourth-order valence-electron chi connectivity index (χ4n) is 1.38. The summed E-state index contributed by atoms with van der Waals surface area (Å²) >= 11 is 11.5. The second-order valence-electron chi connectivity index (χ2n) is 3.54. The fraction of sp³-hybridized carbons (Fsp3) is 0.182. The van der Waals surface area contributed by atoms with Crippen molar-refractivity contribution < 1.29 is 4.39 Å². The summed E-state index contributed by atoms with van der Waals surface area (Å²) in [6, 6.07) is 4.46. The van der Waals surface area contributed by atoms with Gasteiger partial charge in [0.1, 0.15) is 16.8 Å². The molecule has 1 aromatic carbocycles. The van der Waals surface area contributed by atoms with Gasteiger partial charge >= 0.3 is 0 Å². The molecule has 0 radical (unpaired) electrons. The van der Waals surface area contributed by atoms with E-state index in [0.717, 1.165) is 11.5 Å². The van der Waals surface area contributed by atoms with Gasteiger partial charge in [-0.3, -0.25) is 0 Å². The molecule has 0 spiro atoms. The van der Waals surface area contributed by atoms with E-state index in [9.17, 15) is 4.39 Å². The molecule has 0 aliphatic carbocycles. The molecule has 0 bridgehead atoms. The third-order valence-electron chi connectivity index (χ3n) is 2.40. The van der Waals surface area contributed by atoms with Crippen LogP contribution in [-0.4, -0.2) is 9.55 Å². The van der Waals surface area contributed by atoms with Gasteiger partial charge in [0.15, 0.2) is 0 Å². The molecule has 3 nitrogen and oxygen atoms in total. The standard InChI is InChI=1S/C11H10Cl2FN3/c1-17-10(13)5-16-11(17)6-15-7-2-3-9(14)8(12)4-7/h2-5,15H,6H2,1H3. The van der Waals surface area contributed by atoms with Gasteiger partial charge in [-0.15, -0.1) is 0 Å². The summed E-state index contributed by atoms with van der Waals surface area (Å²) in [5.41, 5.74) is 0.732. The Kier molecular flexibility index (Phi) is 3.54. The van der Waals surface area contributed by atoms with E-state index >= 15 is 0 Å². The zero-order chi connectivity index (χ0) is 12.4. The third-order valence-corrected chi connectivity index (χ3v) is 3.04. The van der Waals surface area contributed by atoms with Crippen LogP contribution in [0.2, 0.25) is 10.2 Å². The number of imidazole rings is 1. The van der Waals surface area contributed by atoms with Crippen molar-refractivity contribution in [3.05, 3.63) is 46.2 Å². The maximum Gasteiger partial charge on any atom is 0.141 e. The highest BCUT2D eigenvalue weighted by molar-refractivity contribution is 6.31. The first-order valence-electron chi connectivity index (χ1n) is 4.93. The molecule has 0 aliphatic rings. The van der Waals surface area contributed by atoms with E-state index in [1.807, 2.05) is 7.05 Å². The molecule has 1 aromatic heterocycles. The molecule has 0 saturated heterocycles. The Bertz CT molecular complexity index is 540. The van der Waals surface area contributed by atoms with E-state index in [1.54, 1.807) is 16.8 Å². The van der Waals surface area contributed by atoms with Crippen LogP contribution in [-0.2, 0) is 13.6 Å². The minimum Gasteiger partial charge on any atom is -0.378 e. The van der Waals surface area contributed by atoms with E-state index in [0.29, 0.717) is 11.7 Å². The number of hydrogen-bond donors (Lipinski definition) is 1. The molecular formula is C11H10Cl2FN3. The number of benzene rings is 1. The quantitative estimate of drug-likeness (QED) is 0.928. The molecule has 2 aromatic rings. The van der Waals surface area contributed by atoms with Crippen LogP contribution in [0.1, 0.15) is 5.82 Å². The zero-order valence-corrected chi connectivity index (χ0v) is 10.6. The number of aromatic nitrogens is 2. The van der Waals surface area contributed by atoms with Crippen LogP contribution in [0, 0.1) is 5.82 Å². The smallest absolute Gasteiger partial charge is 0.141 e. The number of rotatable bonds is 3. The topological polar surface area (TPSA) is 29.9 Å². The van der Waals surface area contributed by atoms with E-state index in [4.69, 9.17) is 23.2 Å². The van der Waals surface area contributed by atoms with Crippen molar-refractivity contribution in [2.24, 2.45) is 7.05 Å². The zero-order valence-electron chi connectivity index (χ0n) is 9.04. The maximum absolute atomic E-state index is 12.9. The van der Waals surface area contributed by atoms with Gasteiger partial charge in [-0.05, 0) is 18.2 Å². The number of nitrogens with one attached hydrogen (secondary N) is 1. The van der Waals surface area contributed by atoms with Gasteiger partial charge in [0, 0.05) is 12.7 Å². The monoisotopic (exact) mass is 273 g/mol. The average molecular weight is 274 g/mol. The molecule has 1 N–H and O–H groups in total. The molecule has 90 valence electrons. The highest BCUT2D eigenvalue weighted by Crippen LogP contribution is 2.20. The predicted octanol–water partition coefficient (Wildman–Crippen LogP) is 3.48. The lowest BCUT2D eigenvalue weighted by molar-refractivity contribution is 0.628. The average Bonchev–Trinajstić information content (AvgIpc) is 2.62.